The maximum atomic E-state index is 11.0. The Bertz CT molecular complexity index is 972. The first-order valence-electron chi connectivity index (χ1n) is 14.6. The van der Waals surface area contributed by atoms with Crippen LogP contribution in [0.5, 0.6) is 0 Å². The molecule has 2 aliphatic carbocycles. The standard InChI is InChI=1S/C26H45NO18/c28-3-7-1-9(15(33)21(39)24(7)45-26-23(41)20(38)17(35)12(5-30)44-26)27-10-2-8(13(31)18(36)14(10)32)6-42-25-22(40)19(37)16(34)11(4-29)43-25/h2,7,9-41H,1,3-6H2/t7-,9+,10?,11-,12-,13-,14+,15+,16-,17-,18+,19+,20+,21-,22-,23-,24-,25+,26+/m1/s1. The van der Waals surface area contributed by atoms with Gasteiger partial charge in [0.2, 0.25) is 0 Å². The molecule has 19 heteroatoms. The molecule has 2 saturated heterocycles. The fourth-order valence-corrected chi connectivity index (χ4v) is 6.14. The summed E-state index contributed by atoms with van der Waals surface area (Å²) in [6, 6.07) is -2.23. The average Bonchev–Trinajstić information content (AvgIpc) is 3.03. The molecule has 0 bridgehead atoms. The van der Waals surface area contributed by atoms with Crippen LogP contribution in [0.2, 0.25) is 0 Å². The molecule has 0 aromatic heterocycles. The Hall–Kier alpha value is -1.02. The van der Waals surface area contributed by atoms with Gasteiger partial charge in [0.05, 0.1) is 38.1 Å². The zero-order valence-electron chi connectivity index (χ0n) is 24.0. The molecule has 4 rings (SSSR count). The number of ether oxygens (including phenoxy) is 4. The van der Waals surface area contributed by atoms with Crippen molar-refractivity contribution in [2.45, 2.75) is 117 Å². The van der Waals surface area contributed by atoms with Gasteiger partial charge in [-0.2, -0.15) is 0 Å². The van der Waals surface area contributed by atoms with Crippen molar-refractivity contribution in [1.82, 2.24) is 5.32 Å². The lowest BCUT2D eigenvalue weighted by molar-refractivity contribution is -0.328. The number of nitrogens with one attached hydrogen (secondary N) is 1. The summed E-state index contributed by atoms with van der Waals surface area (Å²) in [7, 11) is 0. The van der Waals surface area contributed by atoms with Gasteiger partial charge in [-0.05, 0) is 12.0 Å². The number of hydrogen-bond acceptors (Lipinski definition) is 19. The van der Waals surface area contributed by atoms with Gasteiger partial charge < -0.3 is 95.8 Å². The van der Waals surface area contributed by atoms with Crippen molar-refractivity contribution in [2.24, 2.45) is 5.92 Å². The number of hydrogen-bond donors (Lipinski definition) is 15. The Labute approximate surface area is 256 Å². The van der Waals surface area contributed by atoms with Crippen molar-refractivity contribution >= 4 is 0 Å². The Kier molecular flexibility index (Phi) is 12.7. The molecule has 2 heterocycles. The number of rotatable bonds is 10. The van der Waals surface area contributed by atoms with Gasteiger partial charge in [-0.3, -0.25) is 0 Å². The van der Waals surface area contributed by atoms with Gasteiger partial charge in [0, 0.05) is 18.6 Å². The van der Waals surface area contributed by atoms with Crippen LogP contribution in [0.3, 0.4) is 0 Å². The quantitative estimate of drug-likeness (QED) is 0.0968. The Morgan fingerprint density at radius 1 is 0.622 bits per heavy atom. The molecule has 0 amide bonds. The van der Waals surface area contributed by atoms with E-state index in [0.717, 1.165) is 0 Å². The molecule has 15 N–H and O–H groups in total. The van der Waals surface area contributed by atoms with Crippen LogP contribution in [0.1, 0.15) is 6.42 Å². The van der Waals surface area contributed by atoms with E-state index in [-0.39, 0.29) is 12.0 Å². The van der Waals surface area contributed by atoms with Crippen LogP contribution in [0, 0.1) is 5.92 Å². The Morgan fingerprint density at radius 3 is 1.73 bits per heavy atom. The molecular formula is C26H45NO18. The summed E-state index contributed by atoms with van der Waals surface area (Å²) < 4.78 is 21.7. The Morgan fingerprint density at radius 2 is 1.18 bits per heavy atom. The van der Waals surface area contributed by atoms with E-state index in [2.05, 4.69) is 5.32 Å². The molecule has 19 atom stereocenters. The number of aliphatic hydroxyl groups is 14. The first-order chi connectivity index (χ1) is 21.2. The monoisotopic (exact) mass is 659 g/mol. The summed E-state index contributed by atoms with van der Waals surface area (Å²) in [5.41, 5.74) is -0.0179. The highest BCUT2D eigenvalue weighted by molar-refractivity contribution is 5.22. The molecule has 4 aliphatic rings. The minimum Gasteiger partial charge on any atom is -0.396 e. The average molecular weight is 660 g/mol. The van der Waals surface area contributed by atoms with Crippen LogP contribution < -0.4 is 5.32 Å². The van der Waals surface area contributed by atoms with E-state index in [1.807, 2.05) is 0 Å². The molecule has 3 fully saturated rings. The van der Waals surface area contributed by atoms with Crippen LogP contribution in [0.25, 0.3) is 0 Å². The molecule has 19 nitrogen and oxygen atoms in total. The highest BCUT2D eigenvalue weighted by Gasteiger charge is 2.51. The second-order valence-corrected chi connectivity index (χ2v) is 11.9. The zero-order chi connectivity index (χ0) is 33.3. The molecule has 262 valence electrons. The maximum absolute atomic E-state index is 11.0. The minimum atomic E-state index is -1.80. The van der Waals surface area contributed by atoms with E-state index < -0.39 is 142 Å². The third-order valence-corrected chi connectivity index (χ3v) is 8.98. The third kappa shape index (κ3) is 7.52. The van der Waals surface area contributed by atoms with Gasteiger partial charge in [-0.1, -0.05) is 6.08 Å². The van der Waals surface area contributed by atoms with Gasteiger partial charge in [0.1, 0.15) is 73.2 Å². The molecule has 45 heavy (non-hydrogen) atoms. The van der Waals surface area contributed by atoms with Crippen LogP contribution in [0.15, 0.2) is 11.6 Å². The Balaban J connectivity index is 1.44. The summed E-state index contributed by atoms with van der Waals surface area (Å²) in [6.07, 6.45) is -24.7. The molecule has 0 spiro atoms. The van der Waals surface area contributed by atoms with Gasteiger partial charge >= 0.3 is 0 Å². The third-order valence-electron chi connectivity index (χ3n) is 8.98. The SMILES string of the molecule is OC[C@H]1C[C@H](NC2C=C(CO[C@H]3O[C@H](CO)[C@@H](O)[C@H](O)[C@H]3O)[C@@H](O)[C@H](O)[C@H]2O)[C@H](O)[C@@H](O)[C@@H]1O[C@@H]1O[C@H](CO)[C@@H](O)[C@H](O)[C@H]1O. The van der Waals surface area contributed by atoms with E-state index in [1.165, 1.54) is 6.08 Å². The van der Waals surface area contributed by atoms with Gasteiger partial charge in [0.15, 0.2) is 12.6 Å². The largest absolute Gasteiger partial charge is 0.396 e. The van der Waals surface area contributed by atoms with E-state index in [1.54, 1.807) is 0 Å². The van der Waals surface area contributed by atoms with Crippen LogP contribution in [0.4, 0.5) is 0 Å². The predicted octanol–water partition coefficient (Wildman–Crippen LogP) is -8.93. The van der Waals surface area contributed by atoms with E-state index in [0.29, 0.717) is 0 Å². The normalized spacial score (nSPS) is 51.2. The van der Waals surface area contributed by atoms with Gasteiger partial charge in [-0.25, -0.2) is 0 Å². The topological polar surface area (TPSA) is 332 Å². The van der Waals surface area contributed by atoms with Crippen molar-refractivity contribution in [1.29, 1.82) is 0 Å². The molecule has 2 aliphatic heterocycles. The lowest BCUT2D eigenvalue weighted by Crippen LogP contribution is -2.66. The molecule has 0 aromatic carbocycles. The maximum Gasteiger partial charge on any atom is 0.187 e. The fourth-order valence-electron chi connectivity index (χ4n) is 6.14. The summed E-state index contributed by atoms with van der Waals surface area (Å²) >= 11 is 0. The van der Waals surface area contributed by atoms with Crippen molar-refractivity contribution < 1.29 is 90.4 Å². The summed E-state index contributed by atoms with van der Waals surface area (Å²) in [5.74, 6) is -0.928. The van der Waals surface area contributed by atoms with E-state index >= 15 is 0 Å². The van der Waals surface area contributed by atoms with Gasteiger partial charge in [-0.15, -0.1) is 0 Å². The van der Waals surface area contributed by atoms with Crippen molar-refractivity contribution in [3.63, 3.8) is 0 Å². The summed E-state index contributed by atoms with van der Waals surface area (Å²) in [5, 5.41) is 146. The van der Waals surface area contributed by atoms with Crippen LogP contribution in [-0.2, 0) is 18.9 Å². The van der Waals surface area contributed by atoms with Gasteiger partial charge in [0.25, 0.3) is 0 Å². The fraction of sp³-hybridized carbons (Fsp3) is 0.923. The smallest absolute Gasteiger partial charge is 0.187 e. The highest BCUT2D eigenvalue weighted by atomic mass is 16.7. The molecule has 0 radical (unpaired) electrons. The van der Waals surface area contributed by atoms with Crippen molar-refractivity contribution in [3.8, 4) is 0 Å². The lowest BCUT2D eigenvalue weighted by atomic mass is 9.78. The summed E-state index contributed by atoms with van der Waals surface area (Å²) in [4.78, 5) is 0. The second-order valence-electron chi connectivity index (χ2n) is 11.9. The molecule has 1 saturated carbocycles. The molecule has 1 unspecified atom stereocenters. The second kappa shape index (κ2) is 15.5. The van der Waals surface area contributed by atoms with Crippen molar-refractivity contribution in [2.75, 3.05) is 26.4 Å². The zero-order valence-corrected chi connectivity index (χ0v) is 24.0. The van der Waals surface area contributed by atoms with E-state index in [9.17, 15) is 71.5 Å². The van der Waals surface area contributed by atoms with E-state index in [4.69, 9.17) is 18.9 Å². The number of aliphatic hydroxyl groups excluding tert-OH is 14. The van der Waals surface area contributed by atoms with Crippen LogP contribution in [-0.4, -0.2) is 208 Å². The molecule has 0 aromatic rings. The summed E-state index contributed by atoms with van der Waals surface area (Å²) in [6.45, 7) is -2.56. The van der Waals surface area contributed by atoms with Crippen molar-refractivity contribution in [3.05, 3.63) is 11.6 Å². The van der Waals surface area contributed by atoms with Crippen LogP contribution >= 0.6 is 0 Å². The minimum absolute atomic E-state index is 0.0179. The lowest BCUT2D eigenvalue weighted by Gasteiger charge is -2.47. The highest BCUT2D eigenvalue weighted by Crippen LogP contribution is 2.33. The predicted molar refractivity (Wildman–Crippen MR) is 142 cm³/mol. The first-order valence-corrected chi connectivity index (χ1v) is 14.6. The molecular weight excluding hydrogens is 614 g/mol. The first kappa shape index (κ1) is 36.8.